The van der Waals surface area contributed by atoms with Gasteiger partial charge in [0.1, 0.15) is 5.75 Å². The van der Waals surface area contributed by atoms with Gasteiger partial charge in [-0.25, -0.2) is 13.1 Å². The minimum Gasteiger partial charge on any atom is -0.494 e. The monoisotopic (exact) mass is 368 g/mol. The van der Waals surface area contributed by atoms with Crippen LogP contribution in [0, 0.1) is 0 Å². The van der Waals surface area contributed by atoms with E-state index in [9.17, 15) is 8.42 Å². The minimum absolute atomic E-state index is 0.293. The van der Waals surface area contributed by atoms with E-state index >= 15 is 0 Å². The highest BCUT2D eigenvalue weighted by molar-refractivity contribution is 7.89. The molecule has 0 aromatic heterocycles. The number of sulfonamides is 1. The van der Waals surface area contributed by atoms with E-state index in [1.54, 1.807) is 24.3 Å². The number of likely N-dealkylation sites (tertiary alicyclic amines) is 1. The number of hydrogen-bond acceptors (Lipinski definition) is 4. The molecule has 0 saturated carbocycles. The highest BCUT2D eigenvalue weighted by Crippen LogP contribution is 2.17. The van der Waals surface area contributed by atoms with Crippen molar-refractivity contribution in [3.8, 4) is 5.75 Å². The van der Waals surface area contributed by atoms with Crippen molar-refractivity contribution < 1.29 is 13.2 Å². The summed E-state index contributed by atoms with van der Waals surface area (Å²) in [5.41, 5.74) is 0. The molecule has 1 aromatic rings. The van der Waals surface area contributed by atoms with Crippen LogP contribution in [0.3, 0.4) is 0 Å². The zero-order chi connectivity index (χ0) is 18.1. The van der Waals surface area contributed by atoms with Gasteiger partial charge in [-0.15, -0.1) is 0 Å². The van der Waals surface area contributed by atoms with Gasteiger partial charge in [0.2, 0.25) is 10.0 Å². The van der Waals surface area contributed by atoms with Gasteiger partial charge in [0, 0.05) is 12.6 Å². The molecule has 0 radical (unpaired) electrons. The molecule has 5 nitrogen and oxygen atoms in total. The highest BCUT2D eigenvalue weighted by atomic mass is 32.2. The van der Waals surface area contributed by atoms with Crippen LogP contribution in [-0.2, 0) is 10.0 Å². The largest absolute Gasteiger partial charge is 0.494 e. The SMILES string of the molecule is CCCCOc1ccc(S(=O)(=O)NCCCN2CCCCC2C)cc1. The van der Waals surface area contributed by atoms with E-state index in [1.165, 1.54) is 19.3 Å². The molecule has 0 amide bonds. The lowest BCUT2D eigenvalue weighted by atomic mass is 10.0. The van der Waals surface area contributed by atoms with Gasteiger partial charge in [-0.2, -0.15) is 0 Å². The van der Waals surface area contributed by atoms with Gasteiger partial charge < -0.3 is 9.64 Å². The lowest BCUT2D eigenvalue weighted by molar-refractivity contribution is 0.159. The first-order valence-corrected chi connectivity index (χ1v) is 11.0. The Bertz CT molecular complexity index is 602. The molecule has 142 valence electrons. The van der Waals surface area contributed by atoms with Crippen molar-refractivity contribution in [1.29, 1.82) is 0 Å². The van der Waals surface area contributed by atoms with Gasteiger partial charge in [0.05, 0.1) is 11.5 Å². The third-order valence-electron chi connectivity index (χ3n) is 4.76. The summed E-state index contributed by atoms with van der Waals surface area (Å²) < 4.78 is 33.0. The van der Waals surface area contributed by atoms with Gasteiger partial charge in [0.15, 0.2) is 0 Å². The zero-order valence-electron chi connectivity index (χ0n) is 15.5. The summed E-state index contributed by atoms with van der Waals surface area (Å²) in [6.07, 6.45) is 6.72. The maximum absolute atomic E-state index is 12.4. The topological polar surface area (TPSA) is 58.6 Å². The average molecular weight is 369 g/mol. The Morgan fingerprint density at radius 1 is 1.20 bits per heavy atom. The molecule has 1 fully saturated rings. The van der Waals surface area contributed by atoms with E-state index in [0.717, 1.165) is 32.4 Å². The summed E-state index contributed by atoms with van der Waals surface area (Å²) in [7, 11) is -3.44. The summed E-state index contributed by atoms with van der Waals surface area (Å²) in [5.74, 6) is 0.714. The van der Waals surface area contributed by atoms with Crippen LogP contribution < -0.4 is 9.46 Å². The molecule has 1 atom stereocenters. The molecule has 1 heterocycles. The quantitative estimate of drug-likeness (QED) is 0.643. The van der Waals surface area contributed by atoms with Crippen LogP contribution in [0.2, 0.25) is 0 Å². The van der Waals surface area contributed by atoms with E-state index in [2.05, 4.69) is 23.5 Å². The summed E-state index contributed by atoms with van der Waals surface area (Å²) >= 11 is 0. The first kappa shape index (κ1) is 20.2. The second-order valence-electron chi connectivity index (χ2n) is 6.81. The van der Waals surface area contributed by atoms with E-state index in [-0.39, 0.29) is 0 Å². The standard InChI is InChI=1S/C19H32N2O3S/c1-3-4-16-24-18-9-11-19(12-10-18)25(22,23)20-13-7-15-21-14-6-5-8-17(21)2/h9-12,17,20H,3-8,13-16H2,1-2H3. The van der Waals surface area contributed by atoms with E-state index in [1.807, 2.05) is 0 Å². The molecule has 1 aromatic carbocycles. The number of nitrogens with zero attached hydrogens (tertiary/aromatic N) is 1. The molecule has 2 rings (SSSR count). The van der Waals surface area contributed by atoms with Crippen LogP contribution in [-0.4, -0.2) is 45.6 Å². The molecule has 1 aliphatic heterocycles. The minimum atomic E-state index is -3.44. The van der Waals surface area contributed by atoms with Crippen molar-refractivity contribution in [3.63, 3.8) is 0 Å². The number of piperidine rings is 1. The third-order valence-corrected chi connectivity index (χ3v) is 6.23. The number of rotatable bonds is 10. The van der Waals surface area contributed by atoms with Crippen LogP contribution >= 0.6 is 0 Å². The van der Waals surface area contributed by atoms with Crippen LogP contribution in [0.5, 0.6) is 5.75 Å². The Morgan fingerprint density at radius 2 is 1.96 bits per heavy atom. The normalized spacial score (nSPS) is 19.0. The predicted molar refractivity (Wildman–Crippen MR) is 102 cm³/mol. The van der Waals surface area contributed by atoms with Crippen molar-refractivity contribution in [2.24, 2.45) is 0 Å². The fourth-order valence-electron chi connectivity index (χ4n) is 3.11. The molecule has 1 N–H and O–H groups in total. The second-order valence-corrected chi connectivity index (χ2v) is 8.57. The molecule has 1 aliphatic rings. The first-order valence-electron chi connectivity index (χ1n) is 9.49. The van der Waals surface area contributed by atoms with E-state index in [0.29, 0.717) is 29.8 Å². The summed E-state index contributed by atoms with van der Waals surface area (Å²) in [6, 6.07) is 7.27. The number of nitrogens with one attached hydrogen (secondary N) is 1. The second kappa shape index (κ2) is 10.1. The molecule has 1 saturated heterocycles. The molecule has 25 heavy (non-hydrogen) atoms. The number of unbranched alkanes of at least 4 members (excludes halogenated alkanes) is 1. The molecule has 1 unspecified atom stereocenters. The zero-order valence-corrected chi connectivity index (χ0v) is 16.4. The lowest BCUT2D eigenvalue weighted by Gasteiger charge is -2.33. The van der Waals surface area contributed by atoms with Crippen LogP contribution in [0.25, 0.3) is 0 Å². The molecule has 0 aliphatic carbocycles. The van der Waals surface area contributed by atoms with Crippen molar-refractivity contribution >= 4 is 10.0 Å². The number of hydrogen-bond donors (Lipinski definition) is 1. The fourth-order valence-corrected chi connectivity index (χ4v) is 4.19. The fraction of sp³-hybridized carbons (Fsp3) is 0.684. The smallest absolute Gasteiger partial charge is 0.240 e. The van der Waals surface area contributed by atoms with Crippen LogP contribution in [0.1, 0.15) is 52.4 Å². The van der Waals surface area contributed by atoms with Crippen molar-refractivity contribution in [1.82, 2.24) is 9.62 Å². The molecule has 6 heteroatoms. The molecule has 0 spiro atoms. The van der Waals surface area contributed by atoms with Gasteiger partial charge in [-0.3, -0.25) is 0 Å². The van der Waals surface area contributed by atoms with Gasteiger partial charge in [0.25, 0.3) is 0 Å². The van der Waals surface area contributed by atoms with E-state index < -0.39 is 10.0 Å². The maximum Gasteiger partial charge on any atom is 0.240 e. The Kier molecular flexibility index (Phi) is 8.19. The maximum atomic E-state index is 12.4. The van der Waals surface area contributed by atoms with Crippen molar-refractivity contribution in [3.05, 3.63) is 24.3 Å². The van der Waals surface area contributed by atoms with Gasteiger partial charge in [-0.1, -0.05) is 19.8 Å². The Labute approximate surface area is 152 Å². The number of benzene rings is 1. The Hall–Kier alpha value is -1.11. The first-order chi connectivity index (χ1) is 12.0. The van der Waals surface area contributed by atoms with Gasteiger partial charge >= 0.3 is 0 Å². The predicted octanol–water partition coefficient (Wildman–Crippen LogP) is 3.41. The Morgan fingerprint density at radius 3 is 2.64 bits per heavy atom. The van der Waals surface area contributed by atoms with Crippen molar-refractivity contribution in [2.75, 3.05) is 26.2 Å². The van der Waals surface area contributed by atoms with Crippen LogP contribution in [0.15, 0.2) is 29.2 Å². The lowest BCUT2D eigenvalue weighted by Crippen LogP contribution is -2.39. The van der Waals surface area contributed by atoms with E-state index in [4.69, 9.17) is 4.74 Å². The average Bonchev–Trinajstić information content (AvgIpc) is 2.61. The number of ether oxygens (including phenoxy) is 1. The van der Waals surface area contributed by atoms with Crippen LogP contribution in [0.4, 0.5) is 0 Å². The molecular weight excluding hydrogens is 336 g/mol. The van der Waals surface area contributed by atoms with Crippen molar-refractivity contribution in [2.45, 2.75) is 63.3 Å². The van der Waals surface area contributed by atoms with Gasteiger partial charge in [-0.05, 0) is 70.0 Å². The summed E-state index contributed by atoms with van der Waals surface area (Å²) in [5, 5.41) is 0. The molecular formula is C19H32N2O3S. The Balaban J connectivity index is 1.76. The summed E-state index contributed by atoms with van der Waals surface area (Å²) in [6.45, 7) is 7.58. The highest BCUT2D eigenvalue weighted by Gasteiger charge is 2.18. The molecule has 0 bridgehead atoms. The third kappa shape index (κ3) is 6.60. The summed E-state index contributed by atoms with van der Waals surface area (Å²) in [4.78, 5) is 2.75.